The monoisotopic (exact) mass is 212 g/mol. The van der Waals surface area contributed by atoms with Gasteiger partial charge in [-0.1, -0.05) is 20.3 Å². The van der Waals surface area contributed by atoms with Gasteiger partial charge in [0.2, 0.25) is 0 Å². The van der Waals surface area contributed by atoms with Crippen LogP contribution in [-0.4, -0.2) is 37.6 Å². The second kappa shape index (κ2) is 7.24. The highest BCUT2D eigenvalue weighted by molar-refractivity contribution is 4.74. The number of nitrogens with zero attached hydrogens (tertiary/aromatic N) is 1. The van der Waals surface area contributed by atoms with E-state index >= 15 is 0 Å². The molecule has 0 saturated carbocycles. The molecule has 0 aromatic heterocycles. The molecular formula is C13H28N2. The van der Waals surface area contributed by atoms with Crippen LogP contribution < -0.4 is 5.32 Å². The Labute approximate surface area is 95.4 Å². The molecular weight excluding hydrogens is 184 g/mol. The third-order valence-electron chi connectivity index (χ3n) is 3.27. The van der Waals surface area contributed by atoms with Crippen molar-refractivity contribution < 1.29 is 0 Å². The molecule has 0 amide bonds. The van der Waals surface area contributed by atoms with Crippen molar-refractivity contribution in [3.8, 4) is 0 Å². The topological polar surface area (TPSA) is 15.3 Å². The van der Waals surface area contributed by atoms with Crippen LogP contribution in [0.5, 0.6) is 0 Å². The van der Waals surface area contributed by atoms with Crippen LogP contribution in [-0.2, 0) is 0 Å². The molecule has 1 N–H and O–H groups in total. The largest absolute Gasteiger partial charge is 0.313 e. The molecule has 0 aromatic carbocycles. The lowest BCUT2D eigenvalue weighted by Gasteiger charge is -2.28. The number of hydrogen-bond donors (Lipinski definition) is 1. The Kier molecular flexibility index (Phi) is 6.26. The van der Waals surface area contributed by atoms with Gasteiger partial charge >= 0.3 is 0 Å². The first kappa shape index (κ1) is 13.0. The molecule has 2 nitrogen and oxygen atoms in total. The molecule has 1 atom stereocenters. The second-order valence-electron chi connectivity index (χ2n) is 5.45. The van der Waals surface area contributed by atoms with Gasteiger partial charge in [-0.25, -0.2) is 0 Å². The number of likely N-dealkylation sites (N-methyl/N-ethyl adjacent to an activating group) is 1. The number of hydrogen-bond acceptors (Lipinski definition) is 2. The van der Waals surface area contributed by atoms with E-state index in [1.807, 2.05) is 0 Å². The van der Waals surface area contributed by atoms with Crippen LogP contribution in [0.3, 0.4) is 0 Å². The van der Waals surface area contributed by atoms with Crippen molar-refractivity contribution in [3.05, 3.63) is 0 Å². The quantitative estimate of drug-likeness (QED) is 0.728. The van der Waals surface area contributed by atoms with Crippen LogP contribution in [0.15, 0.2) is 0 Å². The summed E-state index contributed by atoms with van der Waals surface area (Å²) in [6.07, 6.45) is 6.86. The Morgan fingerprint density at radius 1 is 1.33 bits per heavy atom. The van der Waals surface area contributed by atoms with Crippen molar-refractivity contribution in [2.75, 3.05) is 26.7 Å². The summed E-state index contributed by atoms with van der Waals surface area (Å²) >= 11 is 0. The Hall–Kier alpha value is -0.0800. The summed E-state index contributed by atoms with van der Waals surface area (Å²) in [5, 5.41) is 3.61. The lowest BCUT2D eigenvalue weighted by molar-refractivity contribution is 0.255. The minimum atomic E-state index is 0.753. The first-order chi connectivity index (χ1) is 7.18. The third kappa shape index (κ3) is 6.16. The predicted octanol–water partition coefficient (Wildman–Crippen LogP) is 2.50. The van der Waals surface area contributed by atoms with Gasteiger partial charge in [-0.05, 0) is 51.7 Å². The van der Waals surface area contributed by atoms with E-state index in [0.717, 1.165) is 12.0 Å². The molecule has 0 radical (unpaired) electrons. The van der Waals surface area contributed by atoms with Crippen LogP contribution >= 0.6 is 0 Å². The zero-order valence-corrected chi connectivity index (χ0v) is 10.8. The lowest BCUT2D eigenvalue weighted by atomic mass is 10.0. The normalized spacial score (nSPS) is 22.6. The Bertz CT molecular complexity index is 151. The maximum Gasteiger partial charge on any atom is 0.0194 e. The number of piperidine rings is 1. The van der Waals surface area contributed by atoms with Gasteiger partial charge < -0.3 is 10.2 Å². The van der Waals surface area contributed by atoms with Gasteiger partial charge in [0.15, 0.2) is 0 Å². The van der Waals surface area contributed by atoms with Crippen molar-refractivity contribution in [2.45, 2.75) is 52.0 Å². The van der Waals surface area contributed by atoms with Gasteiger partial charge in [-0.3, -0.25) is 0 Å². The summed E-state index contributed by atoms with van der Waals surface area (Å²) in [4.78, 5) is 2.49. The van der Waals surface area contributed by atoms with E-state index in [-0.39, 0.29) is 0 Å². The second-order valence-corrected chi connectivity index (χ2v) is 5.45. The molecule has 0 spiro atoms. The van der Waals surface area contributed by atoms with E-state index in [4.69, 9.17) is 0 Å². The summed E-state index contributed by atoms with van der Waals surface area (Å²) in [7, 11) is 2.26. The molecule has 1 rings (SSSR count). The standard InChI is InChI=1S/C13H28N2/c1-12(2)7-6-10-15(3)11-13-8-4-5-9-14-13/h12-14H,4-11H2,1-3H3. The van der Waals surface area contributed by atoms with Crippen molar-refractivity contribution >= 4 is 0 Å². The maximum absolute atomic E-state index is 3.61. The van der Waals surface area contributed by atoms with E-state index < -0.39 is 0 Å². The summed E-state index contributed by atoms with van der Waals surface area (Å²) in [5.74, 6) is 0.853. The molecule has 1 saturated heterocycles. The van der Waals surface area contributed by atoms with Gasteiger partial charge in [0.1, 0.15) is 0 Å². The zero-order valence-electron chi connectivity index (χ0n) is 10.8. The van der Waals surface area contributed by atoms with Gasteiger partial charge in [0, 0.05) is 12.6 Å². The minimum Gasteiger partial charge on any atom is -0.313 e. The molecule has 0 aromatic rings. The van der Waals surface area contributed by atoms with Crippen LogP contribution in [0.1, 0.15) is 46.0 Å². The average molecular weight is 212 g/mol. The van der Waals surface area contributed by atoms with Gasteiger partial charge in [-0.2, -0.15) is 0 Å². The summed E-state index contributed by atoms with van der Waals surface area (Å²) in [5.41, 5.74) is 0. The third-order valence-corrected chi connectivity index (χ3v) is 3.27. The SMILES string of the molecule is CC(C)CCCN(C)CC1CCCCN1. The maximum atomic E-state index is 3.61. The first-order valence-corrected chi connectivity index (χ1v) is 6.60. The molecule has 1 heterocycles. The highest BCUT2D eigenvalue weighted by Gasteiger charge is 2.13. The molecule has 90 valence electrons. The van der Waals surface area contributed by atoms with E-state index in [2.05, 4.69) is 31.1 Å². The Morgan fingerprint density at radius 2 is 2.13 bits per heavy atom. The van der Waals surface area contributed by atoms with Crippen molar-refractivity contribution in [1.29, 1.82) is 0 Å². The van der Waals surface area contributed by atoms with Gasteiger partial charge in [0.25, 0.3) is 0 Å². The minimum absolute atomic E-state index is 0.753. The fourth-order valence-electron chi connectivity index (χ4n) is 2.32. The highest BCUT2D eigenvalue weighted by atomic mass is 15.1. The smallest absolute Gasteiger partial charge is 0.0194 e. The molecule has 1 aliphatic rings. The fraction of sp³-hybridized carbons (Fsp3) is 1.00. The zero-order chi connectivity index (χ0) is 11.1. The molecule has 1 fully saturated rings. The van der Waals surface area contributed by atoms with Gasteiger partial charge in [-0.15, -0.1) is 0 Å². The van der Waals surface area contributed by atoms with Gasteiger partial charge in [0.05, 0.1) is 0 Å². The number of rotatable bonds is 6. The summed E-state index contributed by atoms with van der Waals surface area (Å²) in [6.45, 7) is 8.34. The summed E-state index contributed by atoms with van der Waals surface area (Å²) in [6, 6.07) is 0.753. The molecule has 15 heavy (non-hydrogen) atoms. The first-order valence-electron chi connectivity index (χ1n) is 6.60. The van der Waals surface area contributed by atoms with Crippen molar-refractivity contribution in [3.63, 3.8) is 0 Å². The average Bonchev–Trinajstić information content (AvgIpc) is 2.18. The Morgan fingerprint density at radius 3 is 2.73 bits per heavy atom. The molecule has 1 aliphatic heterocycles. The van der Waals surface area contributed by atoms with E-state index in [0.29, 0.717) is 0 Å². The fourth-order valence-corrected chi connectivity index (χ4v) is 2.32. The molecule has 0 aliphatic carbocycles. The van der Waals surface area contributed by atoms with Crippen molar-refractivity contribution in [2.24, 2.45) is 5.92 Å². The van der Waals surface area contributed by atoms with Crippen molar-refractivity contribution in [1.82, 2.24) is 10.2 Å². The predicted molar refractivity (Wildman–Crippen MR) is 67.2 cm³/mol. The Balaban J connectivity index is 2.03. The molecule has 2 heteroatoms. The molecule has 0 bridgehead atoms. The van der Waals surface area contributed by atoms with Crippen LogP contribution in [0.25, 0.3) is 0 Å². The number of nitrogens with one attached hydrogen (secondary N) is 1. The molecule has 1 unspecified atom stereocenters. The van der Waals surface area contributed by atoms with Crippen LogP contribution in [0.4, 0.5) is 0 Å². The van der Waals surface area contributed by atoms with E-state index in [9.17, 15) is 0 Å². The van der Waals surface area contributed by atoms with E-state index in [1.165, 1.54) is 51.7 Å². The van der Waals surface area contributed by atoms with E-state index in [1.54, 1.807) is 0 Å². The van der Waals surface area contributed by atoms with Crippen LogP contribution in [0, 0.1) is 5.92 Å². The van der Waals surface area contributed by atoms with Crippen LogP contribution in [0.2, 0.25) is 0 Å². The lowest BCUT2D eigenvalue weighted by Crippen LogP contribution is -2.42. The highest BCUT2D eigenvalue weighted by Crippen LogP contribution is 2.09. The summed E-state index contributed by atoms with van der Waals surface area (Å²) < 4.78 is 0.